The normalized spacial score (nSPS) is 26.5. The van der Waals surface area contributed by atoms with E-state index in [0.717, 1.165) is 25.2 Å². The quantitative estimate of drug-likeness (QED) is 0.541. The van der Waals surface area contributed by atoms with E-state index in [9.17, 15) is 0 Å². The van der Waals surface area contributed by atoms with Gasteiger partial charge >= 0.3 is 0 Å². The zero-order chi connectivity index (χ0) is 20.4. The van der Waals surface area contributed by atoms with Crippen LogP contribution in [0.15, 0.2) is 30.3 Å². The summed E-state index contributed by atoms with van der Waals surface area (Å²) in [5.74, 6) is 0.751. The van der Waals surface area contributed by atoms with E-state index in [2.05, 4.69) is 45.0 Å². The molecule has 3 saturated heterocycles. The highest BCUT2D eigenvalue weighted by Crippen LogP contribution is 2.25. The number of rotatable bonds is 10. The number of likely N-dealkylation sites (tertiary alicyclic amines) is 1. The number of piperidine rings is 2. The summed E-state index contributed by atoms with van der Waals surface area (Å²) < 4.78 is 6.10. The van der Waals surface area contributed by atoms with Crippen molar-refractivity contribution in [3.8, 4) is 0 Å². The first-order valence-corrected chi connectivity index (χ1v) is 12.7. The Balaban J connectivity index is 1.06. The van der Waals surface area contributed by atoms with Crippen LogP contribution in [0, 0.1) is 5.92 Å². The summed E-state index contributed by atoms with van der Waals surface area (Å²) in [4.78, 5) is 8.10. The number of aryl methyl sites for hydroxylation is 1. The van der Waals surface area contributed by atoms with Gasteiger partial charge in [-0.1, -0.05) is 36.8 Å². The topological polar surface area (TPSA) is 19.0 Å². The summed E-state index contributed by atoms with van der Waals surface area (Å²) in [5, 5.41) is 0. The summed E-state index contributed by atoms with van der Waals surface area (Å²) in [6.07, 6.45) is 10.6. The lowest BCUT2D eigenvalue weighted by Gasteiger charge is -2.46. The third-order valence-electron chi connectivity index (χ3n) is 7.44. The van der Waals surface area contributed by atoms with Crippen molar-refractivity contribution in [3.05, 3.63) is 35.9 Å². The molecule has 0 spiro atoms. The second kappa shape index (κ2) is 12.2. The van der Waals surface area contributed by atoms with Crippen molar-refractivity contribution >= 4 is 0 Å². The minimum Gasteiger partial charge on any atom is -0.381 e. The summed E-state index contributed by atoms with van der Waals surface area (Å²) in [7, 11) is 0. The standard InChI is InChI=1S/C26H43N3O/c1-3-9-24(10-4-1)11-7-16-28-18-19-29-21-25(12-13-26(29)22-28)23-30-20-8-17-27-14-5-2-6-15-27/h1,3-4,9-10,25-26H,2,5-8,11-23H2/t25-,26-/m1/s1. The lowest BCUT2D eigenvalue weighted by atomic mass is 9.91. The first kappa shape index (κ1) is 22.3. The smallest absolute Gasteiger partial charge is 0.0506 e. The van der Waals surface area contributed by atoms with Gasteiger partial charge in [-0.3, -0.25) is 4.90 Å². The molecule has 0 saturated carbocycles. The Hall–Kier alpha value is -0.940. The molecule has 1 aromatic rings. The molecule has 0 unspecified atom stereocenters. The van der Waals surface area contributed by atoms with E-state index >= 15 is 0 Å². The Bertz CT molecular complexity index is 589. The molecule has 3 heterocycles. The number of ether oxygens (including phenoxy) is 1. The van der Waals surface area contributed by atoms with Crippen molar-refractivity contribution in [1.82, 2.24) is 14.7 Å². The molecule has 0 aliphatic carbocycles. The van der Waals surface area contributed by atoms with Crippen LogP contribution in [-0.4, -0.2) is 86.3 Å². The van der Waals surface area contributed by atoms with Crippen molar-refractivity contribution in [3.63, 3.8) is 0 Å². The molecule has 0 bridgehead atoms. The SMILES string of the molecule is c1ccc(CCCN2CCN3C[C@H](COCCCN4CCCCC4)CC[C@@H]3C2)cc1. The number of nitrogens with zero attached hydrogens (tertiary/aromatic N) is 3. The Morgan fingerprint density at radius 2 is 1.63 bits per heavy atom. The van der Waals surface area contributed by atoms with Crippen LogP contribution in [0.1, 0.15) is 50.5 Å². The van der Waals surface area contributed by atoms with E-state index in [1.807, 2.05) is 0 Å². The molecule has 0 N–H and O–H groups in total. The van der Waals surface area contributed by atoms with E-state index in [1.165, 1.54) is 109 Å². The molecule has 30 heavy (non-hydrogen) atoms. The van der Waals surface area contributed by atoms with Gasteiger partial charge in [0.15, 0.2) is 0 Å². The largest absolute Gasteiger partial charge is 0.381 e. The molecule has 4 rings (SSSR count). The monoisotopic (exact) mass is 413 g/mol. The molecule has 0 radical (unpaired) electrons. The van der Waals surface area contributed by atoms with Crippen molar-refractivity contribution in [1.29, 1.82) is 0 Å². The molecule has 1 aromatic carbocycles. The first-order valence-electron chi connectivity index (χ1n) is 12.7. The second-order valence-corrected chi connectivity index (χ2v) is 9.81. The third kappa shape index (κ3) is 7.05. The predicted octanol–water partition coefficient (Wildman–Crippen LogP) is 3.91. The second-order valence-electron chi connectivity index (χ2n) is 9.81. The maximum atomic E-state index is 6.10. The molecule has 2 atom stereocenters. The third-order valence-corrected chi connectivity index (χ3v) is 7.44. The van der Waals surface area contributed by atoms with Gasteiger partial charge in [0.05, 0.1) is 6.61 Å². The highest BCUT2D eigenvalue weighted by atomic mass is 16.5. The van der Waals surface area contributed by atoms with Crippen LogP contribution in [0.25, 0.3) is 0 Å². The first-order chi connectivity index (χ1) is 14.9. The molecular formula is C26H43N3O. The van der Waals surface area contributed by atoms with Gasteiger partial charge in [-0.05, 0) is 76.1 Å². The highest BCUT2D eigenvalue weighted by Gasteiger charge is 2.32. The minimum atomic E-state index is 0.751. The van der Waals surface area contributed by atoms with Crippen LogP contribution in [0.2, 0.25) is 0 Å². The van der Waals surface area contributed by atoms with Gasteiger partial charge in [0.1, 0.15) is 0 Å². The molecule has 0 amide bonds. The number of benzene rings is 1. The average Bonchev–Trinajstić information content (AvgIpc) is 2.80. The average molecular weight is 414 g/mol. The van der Waals surface area contributed by atoms with Crippen LogP contribution in [0.4, 0.5) is 0 Å². The fourth-order valence-corrected chi connectivity index (χ4v) is 5.64. The molecular weight excluding hydrogens is 370 g/mol. The van der Waals surface area contributed by atoms with Gasteiger partial charge in [-0.25, -0.2) is 0 Å². The van der Waals surface area contributed by atoms with Crippen LogP contribution in [0.3, 0.4) is 0 Å². The number of hydrogen-bond acceptors (Lipinski definition) is 4. The van der Waals surface area contributed by atoms with Crippen molar-refractivity contribution in [2.24, 2.45) is 5.92 Å². The lowest BCUT2D eigenvalue weighted by molar-refractivity contribution is -0.00140. The lowest BCUT2D eigenvalue weighted by Crippen LogP contribution is -2.56. The molecule has 0 aromatic heterocycles. The van der Waals surface area contributed by atoms with E-state index in [1.54, 1.807) is 0 Å². The zero-order valence-electron chi connectivity index (χ0n) is 19.0. The van der Waals surface area contributed by atoms with Crippen LogP contribution < -0.4 is 0 Å². The van der Waals surface area contributed by atoms with Gasteiger partial charge in [-0.2, -0.15) is 0 Å². The maximum absolute atomic E-state index is 6.10. The van der Waals surface area contributed by atoms with Gasteiger partial charge in [0.25, 0.3) is 0 Å². The summed E-state index contributed by atoms with van der Waals surface area (Å²) >= 11 is 0. The van der Waals surface area contributed by atoms with Crippen molar-refractivity contribution in [2.45, 2.75) is 57.4 Å². The van der Waals surface area contributed by atoms with Crippen LogP contribution in [-0.2, 0) is 11.2 Å². The summed E-state index contributed by atoms with van der Waals surface area (Å²) in [6.45, 7) is 12.1. The van der Waals surface area contributed by atoms with E-state index in [-0.39, 0.29) is 0 Å². The molecule has 3 fully saturated rings. The van der Waals surface area contributed by atoms with E-state index < -0.39 is 0 Å². The number of fused-ring (bicyclic) bond motifs is 1. The Morgan fingerprint density at radius 3 is 2.50 bits per heavy atom. The van der Waals surface area contributed by atoms with Gasteiger partial charge < -0.3 is 14.5 Å². The van der Waals surface area contributed by atoms with Gasteiger partial charge in [0, 0.05) is 45.4 Å². The highest BCUT2D eigenvalue weighted by molar-refractivity contribution is 5.14. The minimum absolute atomic E-state index is 0.751. The molecule has 3 aliphatic heterocycles. The molecule has 168 valence electrons. The van der Waals surface area contributed by atoms with E-state index in [0.29, 0.717) is 0 Å². The van der Waals surface area contributed by atoms with Crippen molar-refractivity contribution in [2.75, 3.05) is 65.6 Å². The zero-order valence-corrected chi connectivity index (χ0v) is 19.0. The summed E-state index contributed by atoms with van der Waals surface area (Å²) in [6, 6.07) is 11.7. The predicted molar refractivity (Wildman–Crippen MR) is 125 cm³/mol. The van der Waals surface area contributed by atoms with Crippen LogP contribution >= 0.6 is 0 Å². The fraction of sp³-hybridized carbons (Fsp3) is 0.769. The number of piperazine rings is 1. The van der Waals surface area contributed by atoms with Gasteiger partial charge in [-0.15, -0.1) is 0 Å². The molecule has 4 nitrogen and oxygen atoms in total. The molecule has 4 heteroatoms. The summed E-state index contributed by atoms with van der Waals surface area (Å²) in [5.41, 5.74) is 1.48. The fourth-order valence-electron chi connectivity index (χ4n) is 5.64. The van der Waals surface area contributed by atoms with Crippen molar-refractivity contribution < 1.29 is 4.74 Å². The Morgan fingerprint density at radius 1 is 0.800 bits per heavy atom. The Labute approximate surface area is 184 Å². The number of hydrogen-bond donors (Lipinski definition) is 0. The molecule has 3 aliphatic rings. The van der Waals surface area contributed by atoms with Gasteiger partial charge in [0.2, 0.25) is 0 Å². The van der Waals surface area contributed by atoms with E-state index in [4.69, 9.17) is 4.74 Å². The Kier molecular flexibility index (Phi) is 9.04. The maximum Gasteiger partial charge on any atom is 0.0506 e. The van der Waals surface area contributed by atoms with Crippen LogP contribution in [0.5, 0.6) is 0 Å².